The van der Waals surface area contributed by atoms with Crippen LogP contribution in [0.5, 0.6) is 5.75 Å². The molecule has 0 fully saturated rings. The third-order valence-electron chi connectivity index (χ3n) is 2.36. The molecule has 0 radical (unpaired) electrons. The lowest BCUT2D eigenvalue weighted by Crippen LogP contribution is -2.38. The minimum atomic E-state index is -3.86. The zero-order valence-electron chi connectivity index (χ0n) is 10.9. The summed E-state index contributed by atoms with van der Waals surface area (Å²) in [5, 5.41) is 11.7. The van der Waals surface area contributed by atoms with Gasteiger partial charge in [-0.1, -0.05) is 0 Å². The first-order valence-electron chi connectivity index (χ1n) is 5.70. The number of hydrogen-bond acceptors (Lipinski definition) is 6. The number of phenols is 1. The molecule has 0 aliphatic carbocycles. The smallest absolute Gasteiger partial charge is 0.241 e. The van der Waals surface area contributed by atoms with Crippen LogP contribution in [-0.2, 0) is 19.6 Å². The fraction of sp³-hybridized carbons (Fsp3) is 0.364. The number of carbonyl (C=O) groups is 1. The summed E-state index contributed by atoms with van der Waals surface area (Å²) in [7, 11) is -2.37. The van der Waals surface area contributed by atoms with E-state index in [1.54, 1.807) is 0 Å². The fourth-order valence-electron chi connectivity index (χ4n) is 1.30. The fourth-order valence-corrected chi connectivity index (χ4v) is 2.32. The number of nitrogen functional groups attached to an aromatic ring is 1. The van der Waals surface area contributed by atoms with E-state index in [-0.39, 0.29) is 16.3 Å². The van der Waals surface area contributed by atoms with Gasteiger partial charge in [-0.3, -0.25) is 4.79 Å². The van der Waals surface area contributed by atoms with Crippen LogP contribution in [0.2, 0.25) is 0 Å². The van der Waals surface area contributed by atoms with Gasteiger partial charge in [-0.2, -0.15) is 0 Å². The van der Waals surface area contributed by atoms with Crippen molar-refractivity contribution in [1.29, 1.82) is 0 Å². The van der Waals surface area contributed by atoms with Crippen LogP contribution in [0.1, 0.15) is 0 Å². The topological polar surface area (TPSA) is 131 Å². The maximum atomic E-state index is 11.9. The number of ether oxygens (including phenoxy) is 1. The number of anilines is 1. The van der Waals surface area contributed by atoms with Crippen molar-refractivity contribution in [2.24, 2.45) is 0 Å². The molecule has 8 nitrogen and oxygen atoms in total. The van der Waals surface area contributed by atoms with Crippen LogP contribution < -0.4 is 15.8 Å². The monoisotopic (exact) mass is 303 g/mol. The van der Waals surface area contributed by atoms with E-state index >= 15 is 0 Å². The van der Waals surface area contributed by atoms with E-state index in [2.05, 4.69) is 10.0 Å². The Kier molecular flexibility index (Phi) is 5.74. The van der Waals surface area contributed by atoms with Gasteiger partial charge in [0.2, 0.25) is 15.9 Å². The van der Waals surface area contributed by atoms with E-state index in [0.717, 1.165) is 6.07 Å². The number of benzene rings is 1. The van der Waals surface area contributed by atoms with Crippen molar-refractivity contribution in [3.63, 3.8) is 0 Å². The molecule has 112 valence electrons. The quantitative estimate of drug-likeness (QED) is 0.291. The van der Waals surface area contributed by atoms with Crippen molar-refractivity contribution in [1.82, 2.24) is 10.0 Å². The van der Waals surface area contributed by atoms with Crippen LogP contribution in [0, 0.1) is 0 Å². The number of aromatic hydroxyl groups is 1. The average molecular weight is 303 g/mol. The summed E-state index contributed by atoms with van der Waals surface area (Å²) < 4.78 is 30.6. The molecule has 1 aromatic carbocycles. The number of amides is 1. The zero-order valence-corrected chi connectivity index (χ0v) is 11.7. The predicted octanol–water partition coefficient (Wildman–Crippen LogP) is -0.985. The number of nitrogens with two attached hydrogens (primary N) is 1. The molecular weight excluding hydrogens is 286 g/mol. The summed E-state index contributed by atoms with van der Waals surface area (Å²) in [5.74, 6) is -0.682. The SMILES string of the molecule is COCCNC(=O)CNS(=O)(=O)c1ccc(O)c(N)c1. The van der Waals surface area contributed by atoms with E-state index in [9.17, 15) is 18.3 Å². The molecule has 0 spiro atoms. The lowest BCUT2D eigenvalue weighted by Gasteiger charge is -2.08. The Balaban J connectivity index is 2.61. The summed E-state index contributed by atoms with van der Waals surface area (Å²) in [4.78, 5) is 11.2. The number of nitrogens with one attached hydrogen (secondary N) is 2. The van der Waals surface area contributed by atoms with Gasteiger partial charge >= 0.3 is 0 Å². The van der Waals surface area contributed by atoms with Crippen molar-refractivity contribution < 1.29 is 23.1 Å². The summed E-state index contributed by atoms with van der Waals surface area (Å²) in [6, 6.07) is 3.47. The molecule has 0 bridgehead atoms. The maximum absolute atomic E-state index is 11.9. The Hall–Kier alpha value is -1.84. The lowest BCUT2D eigenvalue weighted by molar-refractivity contribution is -0.120. The Morgan fingerprint density at radius 2 is 2.15 bits per heavy atom. The van der Waals surface area contributed by atoms with Gasteiger partial charge in [-0.25, -0.2) is 13.1 Å². The van der Waals surface area contributed by atoms with Crippen LogP contribution in [-0.4, -0.2) is 46.2 Å². The van der Waals surface area contributed by atoms with Gasteiger partial charge in [0.1, 0.15) is 5.75 Å². The minimum absolute atomic E-state index is 0.0579. The molecule has 1 amide bonds. The second-order valence-corrected chi connectivity index (χ2v) is 5.65. The molecule has 0 saturated carbocycles. The van der Waals surface area contributed by atoms with Crippen molar-refractivity contribution >= 4 is 21.6 Å². The normalized spacial score (nSPS) is 11.2. The summed E-state index contributed by atoms with van der Waals surface area (Å²) in [5.41, 5.74) is 5.36. The number of hydrogen-bond donors (Lipinski definition) is 4. The molecular formula is C11H17N3O5S. The average Bonchev–Trinajstić information content (AvgIpc) is 2.40. The molecule has 1 aromatic rings. The number of carbonyl (C=O) groups excluding carboxylic acids is 1. The molecule has 9 heteroatoms. The Labute approximate surface area is 117 Å². The highest BCUT2D eigenvalue weighted by molar-refractivity contribution is 7.89. The Morgan fingerprint density at radius 1 is 1.45 bits per heavy atom. The van der Waals surface area contributed by atoms with Gasteiger partial charge in [0.15, 0.2) is 0 Å². The van der Waals surface area contributed by atoms with Crippen LogP contribution >= 0.6 is 0 Å². The van der Waals surface area contributed by atoms with Gasteiger partial charge in [0, 0.05) is 13.7 Å². The third kappa shape index (κ3) is 4.68. The van der Waals surface area contributed by atoms with Crippen molar-refractivity contribution in [2.45, 2.75) is 4.90 Å². The summed E-state index contributed by atoms with van der Waals surface area (Å²) in [6.45, 7) is 0.239. The number of methoxy groups -OCH3 is 1. The molecule has 0 unspecified atom stereocenters. The molecule has 0 aliphatic heterocycles. The Morgan fingerprint density at radius 3 is 2.75 bits per heavy atom. The first-order chi connectivity index (χ1) is 9.36. The van der Waals surface area contributed by atoms with E-state index in [0.29, 0.717) is 13.2 Å². The molecule has 0 aromatic heterocycles. The molecule has 0 saturated heterocycles. The highest BCUT2D eigenvalue weighted by Gasteiger charge is 2.16. The van der Waals surface area contributed by atoms with Gasteiger partial charge in [-0.15, -0.1) is 0 Å². The molecule has 0 heterocycles. The van der Waals surface area contributed by atoms with E-state index in [1.165, 1.54) is 19.2 Å². The van der Waals surface area contributed by atoms with Gasteiger partial charge < -0.3 is 20.9 Å². The van der Waals surface area contributed by atoms with Gasteiger partial charge in [-0.05, 0) is 18.2 Å². The van der Waals surface area contributed by atoms with Gasteiger partial charge in [0.25, 0.3) is 0 Å². The maximum Gasteiger partial charge on any atom is 0.241 e. The van der Waals surface area contributed by atoms with Crippen LogP contribution in [0.25, 0.3) is 0 Å². The summed E-state index contributed by atoms with van der Waals surface area (Å²) in [6.07, 6.45) is 0. The molecule has 1 rings (SSSR count). The Bertz CT molecular complexity index is 573. The second-order valence-electron chi connectivity index (χ2n) is 3.89. The van der Waals surface area contributed by atoms with Crippen molar-refractivity contribution in [3.8, 4) is 5.75 Å². The largest absolute Gasteiger partial charge is 0.506 e. The molecule has 5 N–H and O–H groups in total. The summed E-state index contributed by atoms with van der Waals surface area (Å²) >= 11 is 0. The van der Waals surface area contributed by atoms with Gasteiger partial charge in [0.05, 0.1) is 23.7 Å². The first kappa shape index (κ1) is 16.2. The number of rotatable bonds is 7. The van der Waals surface area contributed by atoms with E-state index in [1.807, 2.05) is 0 Å². The van der Waals surface area contributed by atoms with E-state index < -0.39 is 22.5 Å². The number of phenolic OH excluding ortho intramolecular Hbond substituents is 1. The van der Waals surface area contributed by atoms with Crippen LogP contribution in [0.3, 0.4) is 0 Å². The number of sulfonamides is 1. The van der Waals surface area contributed by atoms with Crippen LogP contribution in [0.15, 0.2) is 23.1 Å². The second kappa shape index (κ2) is 7.08. The highest BCUT2D eigenvalue weighted by Crippen LogP contribution is 2.22. The first-order valence-corrected chi connectivity index (χ1v) is 7.19. The minimum Gasteiger partial charge on any atom is -0.506 e. The predicted molar refractivity (Wildman–Crippen MR) is 72.6 cm³/mol. The van der Waals surface area contributed by atoms with Crippen molar-refractivity contribution in [3.05, 3.63) is 18.2 Å². The standard InChI is InChI=1S/C11H17N3O5S/c1-19-5-4-13-11(16)7-14-20(17,18)8-2-3-10(15)9(12)6-8/h2-3,6,14-15H,4-5,7,12H2,1H3,(H,13,16). The third-order valence-corrected chi connectivity index (χ3v) is 3.76. The molecule has 20 heavy (non-hydrogen) atoms. The van der Waals surface area contributed by atoms with Crippen molar-refractivity contribution in [2.75, 3.05) is 32.5 Å². The van der Waals surface area contributed by atoms with E-state index in [4.69, 9.17) is 10.5 Å². The highest BCUT2D eigenvalue weighted by atomic mass is 32.2. The molecule has 0 aliphatic rings. The lowest BCUT2D eigenvalue weighted by atomic mass is 10.3. The zero-order chi connectivity index (χ0) is 15.2. The molecule has 0 atom stereocenters. The van der Waals surface area contributed by atoms with Crippen LogP contribution in [0.4, 0.5) is 5.69 Å².